The molecule has 0 spiro atoms. The second-order valence-corrected chi connectivity index (χ2v) is 4.39. The van der Waals surface area contributed by atoms with E-state index >= 15 is 0 Å². The molecule has 0 saturated heterocycles. The summed E-state index contributed by atoms with van der Waals surface area (Å²) >= 11 is 3.41. The summed E-state index contributed by atoms with van der Waals surface area (Å²) in [6.45, 7) is 1.98. The van der Waals surface area contributed by atoms with Crippen LogP contribution in [0.3, 0.4) is 0 Å². The van der Waals surface area contributed by atoms with Crippen LogP contribution < -0.4 is 5.32 Å². The van der Waals surface area contributed by atoms with Crippen LogP contribution in [0.4, 0.5) is 0 Å². The Balaban J connectivity index is 2.31. The van der Waals surface area contributed by atoms with Gasteiger partial charge in [0.25, 0.3) is 5.89 Å². The number of nitrogens with zero attached hydrogens (tertiary/aromatic N) is 2. The molecular formula is C11H12BrN3O. The summed E-state index contributed by atoms with van der Waals surface area (Å²) in [4.78, 5) is 4.33. The number of hydrogen-bond donors (Lipinski definition) is 1. The molecule has 1 N–H and O–H groups in total. The van der Waals surface area contributed by atoms with E-state index in [1.165, 1.54) is 0 Å². The highest BCUT2D eigenvalue weighted by atomic mass is 79.9. The molecule has 0 aliphatic heterocycles. The lowest BCUT2D eigenvalue weighted by molar-refractivity contribution is 0.413. The first-order valence-corrected chi connectivity index (χ1v) is 5.77. The SMILES string of the molecule is CNC(C)c1noc(-c2cccc(Br)c2)n1. The molecule has 0 aliphatic rings. The van der Waals surface area contributed by atoms with Crippen LogP contribution in [0.25, 0.3) is 11.5 Å². The van der Waals surface area contributed by atoms with Crippen molar-refractivity contribution < 1.29 is 4.52 Å². The van der Waals surface area contributed by atoms with Gasteiger partial charge in [-0.15, -0.1) is 0 Å². The molecule has 16 heavy (non-hydrogen) atoms. The van der Waals surface area contributed by atoms with Gasteiger partial charge in [0.2, 0.25) is 0 Å². The maximum atomic E-state index is 5.21. The Morgan fingerprint density at radius 3 is 2.94 bits per heavy atom. The first kappa shape index (κ1) is 11.3. The molecular weight excluding hydrogens is 270 g/mol. The average Bonchev–Trinajstić information content (AvgIpc) is 2.77. The van der Waals surface area contributed by atoms with Crippen LogP contribution in [0.1, 0.15) is 18.8 Å². The van der Waals surface area contributed by atoms with Crippen LogP contribution in [0.5, 0.6) is 0 Å². The predicted octanol–water partition coefficient (Wildman–Crippen LogP) is 2.78. The van der Waals surface area contributed by atoms with Gasteiger partial charge in [0.15, 0.2) is 5.82 Å². The third-order valence-corrected chi connectivity index (χ3v) is 2.83. The molecule has 0 bridgehead atoms. The topological polar surface area (TPSA) is 51.0 Å². The number of halogens is 1. The highest BCUT2D eigenvalue weighted by Crippen LogP contribution is 2.22. The monoisotopic (exact) mass is 281 g/mol. The fourth-order valence-electron chi connectivity index (χ4n) is 1.28. The van der Waals surface area contributed by atoms with E-state index in [1.54, 1.807) is 0 Å². The molecule has 0 amide bonds. The molecule has 84 valence electrons. The fourth-order valence-corrected chi connectivity index (χ4v) is 1.68. The van der Waals surface area contributed by atoms with Crippen molar-refractivity contribution in [2.45, 2.75) is 13.0 Å². The summed E-state index contributed by atoms with van der Waals surface area (Å²) in [5.74, 6) is 1.20. The van der Waals surface area contributed by atoms with Crippen LogP contribution in [0, 0.1) is 0 Å². The molecule has 0 fully saturated rings. The van der Waals surface area contributed by atoms with Crippen LogP contribution in [0.2, 0.25) is 0 Å². The zero-order valence-electron chi connectivity index (χ0n) is 9.07. The van der Waals surface area contributed by atoms with Crippen molar-refractivity contribution in [3.8, 4) is 11.5 Å². The second kappa shape index (κ2) is 4.76. The zero-order chi connectivity index (χ0) is 11.5. The van der Waals surface area contributed by atoms with E-state index in [9.17, 15) is 0 Å². The van der Waals surface area contributed by atoms with Gasteiger partial charge in [-0.05, 0) is 32.2 Å². The lowest BCUT2D eigenvalue weighted by Gasteiger charge is -2.01. The van der Waals surface area contributed by atoms with Crippen molar-refractivity contribution in [3.05, 3.63) is 34.6 Å². The Morgan fingerprint density at radius 1 is 1.44 bits per heavy atom. The quantitative estimate of drug-likeness (QED) is 0.940. The third kappa shape index (κ3) is 2.31. The molecule has 0 aliphatic carbocycles. The molecule has 0 radical (unpaired) electrons. The molecule has 0 saturated carbocycles. The summed E-state index contributed by atoms with van der Waals surface area (Å²) in [5, 5.41) is 6.99. The highest BCUT2D eigenvalue weighted by Gasteiger charge is 2.13. The number of hydrogen-bond acceptors (Lipinski definition) is 4. The van der Waals surface area contributed by atoms with E-state index < -0.39 is 0 Å². The Morgan fingerprint density at radius 2 is 2.25 bits per heavy atom. The largest absolute Gasteiger partial charge is 0.334 e. The van der Waals surface area contributed by atoms with Crippen LogP contribution in [0.15, 0.2) is 33.3 Å². The normalized spacial score (nSPS) is 12.7. The first-order valence-electron chi connectivity index (χ1n) is 4.97. The van der Waals surface area contributed by atoms with E-state index in [4.69, 9.17) is 4.52 Å². The minimum Gasteiger partial charge on any atom is -0.334 e. The minimum absolute atomic E-state index is 0.0876. The van der Waals surface area contributed by atoms with Crippen molar-refractivity contribution in [2.75, 3.05) is 7.05 Å². The van der Waals surface area contributed by atoms with Gasteiger partial charge in [-0.25, -0.2) is 0 Å². The van der Waals surface area contributed by atoms with Gasteiger partial charge < -0.3 is 9.84 Å². The van der Waals surface area contributed by atoms with Crippen molar-refractivity contribution in [3.63, 3.8) is 0 Å². The lowest BCUT2D eigenvalue weighted by atomic mass is 10.2. The Bertz CT molecular complexity index is 484. The van der Waals surface area contributed by atoms with E-state index in [0.717, 1.165) is 10.0 Å². The maximum absolute atomic E-state index is 5.21. The molecule has 1 aromatic carbocycles. The van der Waals surface area contributed by atoms with Crippen molar-refractivity contribution in [2.24, 2.45) is 0 Å². The molecule has 2 rings (SSSR count). The Hall–Kier alpha value is -1.20. The van der Waals surface area contributed by atoms with Crippen molar-refractivity contribution in [1.29, 1.82) is 0 Å². The lowest BCUT2D eigenvalue weighted by Crippen LogP contribution is -2.13. The molecule has 1 unspecified atom stereocenters. The molecule has 1 atom stereocenters. The molecule has 4 nitrogen and oxygen atoms in total. The summed E-state index contributed by atoms with van der Waals surface area (Å²) in [6, 6.07) is 7.86. The molecule has 1 heterocycles. The molecule has 1 aromatic heterocycles. The maximum Gasteiger partial charge on any atom is 0.258 e. The molecule has 2 aromatic rings. The van der Waals surface area contributed by atoms with Gasteiger partial charge in [-0.1, -0.05) is 27.2 Å². The van der Waals surface area contributed by atoms with Gasteiger partial charge >= 0.3 is 0 Å². The van der Waals surface area contributed by atoms with Gasteiger partial charge in [0.1, 0.15) is 0 Å². The summed E-state index contributed by atoms with van der Waals surface area (Å²) in [5.41, 5.74) is 0.913. The number of benzene rings is 1. The summed E-state index contributed by atoms with van der Waals surface area (Å²) in [7, 11) is 1.86. The van der Waals surface area contributed by atoms with Crippen molar-refractivity contribution in [1.82, 2.24) is 15.5 Å². The Labute approximate surface area is 102 Å². The number of nitrogens with one attached hydrogen (secondary N) is 1. The fraction of sp³-hybridized carbons (Fsp3) is 0.273. The van der Waals surface area contributed by atoms with Crippen LogP contribution >= 0.6 is 15.9 Å². The van der Waals surface area contributed by atoms with Gasteiger partial charge in [-0.2, -0.15) is 4.98 Å². The van der Waals surface area contributed by atoms with Crippen molar-refractivity contribution >= 4 is 15.9 Å². The van der Waals surface area contributed by atoms with E-state index in [2.05, 4.69) is 31.4 Å². The summed E-state index contributed by atoms with van der Waals surface area (Å²) in [6.07, 6.45) is 0. The minimum atomic E-state index is 0.0876. The smallest absolute Gasteiger partial charge is 0.258 e. The standard InChI is InChI=1S/C11H12BrN3O/c1-7(13-2)10-14-11(16-15-10)8-4-3-5-9(12)6-8/h3-7,13H,1-2H3. The van der Waals surface area contributed by atoms with E-state index in [-0.39, 0.29) is 6.04 Å². The predicted molar refractivity (Wildman–Crippen MR) is 64.9 cm³/mol. The van der Waals surface area contributed by atoms with Gasteiger partial charge in [0, 0.05) is 10.0 Å². The second-order valence-electron chi connectivity index (χ2n) is 3.48. The van der Waals surface area contributed by atoms with E-state index in [1.807, 2.05) is 38.2 Å². The van der Waals surface area contributed by atoms with Gasteiger partial charge in [-0.3, -0.25) is 0 Å². The van der Waals surface area contributed by atoms with Crippen LogP contribution in [-0.4, -0.2) is 17.2 Å². The Kier molecular flexibility index (Phi) is 3.36. The highest BCUT2D eigenvalue weighted by molar-refractivity contribution is 9.10. The number of rotatable bonds is 3. The average molecular weight is 282 g/mol. The zero-order valence-corrected chi connectivity index (χ0v) is 10.7. The van der Waals surface area contributed by atoms with E-state index in [0.29, 0.717) is 11.7 Å². The van der Waals surface area contributed by atoms with Crippen LogP contribution in [-0.2, 0) is 0 Å². The van der Waals surface area contributed by atoms with Gasteiger partial charge in [0.05, 0.1) is 6.04 Å². The number of aromatic nitrogens is 2. The summed E-state index contributed by atoms with van der Waals surface area (Å²) < 4.78 is 6.20. The molecule has 5 heteroatoms. The first-order chi connectivity index (χ1) is 7.70. The third-order valence-electron chi connectivity index (χ3n) is 2.33.